The molecule has 7 heteroatoms. The molecule has 4 rings (SSSR count). The molecule has 2 aromatic rings. The van der Waals surface area contributed by atoms with E-state index in [1.165, 1.54) is 11.3 Å². The summed E-state index contributed by atoms with van der Waals surface area (Å²) >= 11 is 1.46. The molecule has 0 unspecified atom stereocenters. The normalized spacial score (nSPS) is 23.1. The molecule has 25 heavy (non-hydrogen) atoms. The first-order chi connectivity index (χ1) is 12.1. The van der Waals surface area contributed by atoms with Gasteiger partial charge in [-0.3, -0.25) is 19.3 Å². The summed E-state index contributed by atoms with van der Waals surface area (Å²) in [5, 5.41) is 0.697. The number of benzene rings is 1. The number of fused-ring (bicyclic) bond motifs is 2. The SMILES string of the molecule is O=C(CN1C(=O)[C@H]2CCCC[C@@H]2C1=O)OCc1nc2ccccc2s1. The Balaban J connectivity index is 1.37. The van der Waals surface area contributed by atoms with Crippen LogP contribution in [-0.4, -0.2) is 34.2 Å². The van der Waals surface area contributed by atoms with E-state index in [0.29, 0.717) is 5.01 Å². The topological polar surface area (TPSA) is 76.6 Å². The largest absolute Gasteiger partial charge is 0.457 e. The molecule has 2 atom stereocenters. The molecule has 2 heterocycles. The van der Waals surface area contributed by atoms with Gasteiger partial charge in [0.2, 0.25) is 11.8 Å². The number of likely N-dealkylation sites (tertiary alicyclic amines) is 1. The average Bonchev–Trinajstić information content (AvgIpc) is 3.15. The molecular formula is C18H18N2O4S. The number of para-hydroxylation sites is 1. The summed E-state index contributed by atoms with van der Waals surface area (Å²) in [6.07, 6.45) is 3.42. The molecule has 1 aliphatic heterocycles. The molecule has 0 N–H and O–H groups in total. The molecule has 1 aromatic carbocycles. The predicted octanol–water partition coefficient (Wildman–Crippen LogP) is 2.51. The van der Waals surface area contributed by atoms with E-state index in [0.717, 1.165) is 40.8 Å². The van der Waals surface area contributed by atoms with Crippen molar-refractivity contribution in [3.8, 4) is 0 Å². The smallest absolute Gasteiger partial charge is 0.326 e. The van der Waals surface area contributed by atoms with Crippen LogP contribution in [0.4, 0.5) is 0 Å². The van der Waals surface area contributed by atoms with Gasteiger partial charge in [0.15, 0.2) is 0 Å². The van der Waals surface area contributed by atoms with E-state index < -0.39 is 5.97 Å². The van der Waals surface area contributed by atoms with E-state index >= 15 is 0 Å². The van der Waals surface area contributed by atoms with Crippen molar-refractivity contribution in [2.45, 2.75) is 32.3 Å². The molecule has 2 aliphatic rings. The van der Waals surface area contributed by atoms with Crippen LogP contribution in [0.5, 0.6) is 0 Å². The van der Waals surface area contributed by atoms with Crippen molar-refractivity contribution in [1.82, 2.24) is 9.88 Å². The lowest BCUT2D eigenvalue weighted by atomic mass is 9.81. The third-order valence-electron chi connectivity index (χ3n) is 4.91. The van der Waals surface area contributed by atoms with Crippen LogP contribution in [0.15, 0.2) is 24.3 Å². The minimum atomic E-state index is -0.570. The Hall–Kier alpha value is -2.28. The van der Waals surface area contributed by atoms with Gasteiger partial charge < -0.3 is 4.74 Å². The Kier molecular flexibility index (Phi) is 4.25. The highest BCUT2D eigenvalue weighted by Crippen LogP contribution is 2.37. The molecular weight excluding hydrogens is 340 g/mol. The van der Waals surface area contributed by atoms with Gasteiger partial charge >= 0.3 is 5.97 Å². The summed E-state index contributed by atoms with van der Waals surface area (Å²) in [5.41, 5.74) is 0.868. The number of hydrogen-bond donors (Lipinski definition) is 0. The quantitative estimate of drug-likeness (QED) is 0.620. The lowest BCUT2D eigenvalue weighted by Gasteiger charge is -2.19. The van der Waals surface area contributed by atoms with Crippen LogP contribution in [0, 0.1) is 11.8 Å². The van der Waals surface area contributed by atoms with Crippen molar-refractivity contribution in [2.24, 2.45) is 11.8 Å². The van der Waals surface area contributed by atoms with Gasteiger partial charge in [-0.1, -0.05) is 25.0 Å². The average molecular weight is 358 g/mol. The lowest BCUT2D eigenvalue weighted by molar-refractivity contribution is -0.153. The first kappa shape index (κ1) is 16.2. The Bertz CT molecular complexity index is 789. The number of esters is 1. The number of nitrogens with zero attached hydrogens (tertiary/aromatic N) is 2. The first-order valence-corrected chi connectivity index (χ1v) is 9.30. The zero-order valence-corrected chi connectivity index (χ0v) is 14.5. The number of carbonyl (C=O) groups is 3. The molecule has 2 fully saturated rings. The van der Waals surface area contributed by atoms with Gasteiger partial charge in [-0.15, -0.1) is 11.3 Å². The third kappa shape index (κ3) is 3.04. The van der Waals surface area contributed by atoms with Crippen LogP contribution in [0.1, 0.15) is 30.7 Å². The highest BCUT2D eigenvalue weighted by Gasteiger charge is 2.48. The van der Waals surface area contributed by atoms with Crippen molar-refractivity contribution in [1.29, 1.82) is 0 Å². The zero-order chi connectivity index (χ0) is 17.4. The van der Waals surface area contributed by atoms with E-state index in [2.05, 4.69) is 4.98 Å². The number of thiazole rings is 1. The van der Waals surface area contributed by atoms with Gasteiger partial charge in [0.1, 0.15) is 18.2 Å². The van der Waals surface area contributed by atoms with E-state index in [1.807, 2.05) is 24.3 Å². The minimum absolute atomic E-state index is 0.0568. The first-order valence-electron chi connectivity index (χ1n) is 8.49. The van der Waals surface area contributed by atoms with Gasteiger partial charge in [0.25, 0.3) is 0 Å². The summed E-state index contributed by atoms with van der Waals surface area (Å²) in [7, 11) is 0. The van der Waals surface area contributed by atoms with Crippen molar-refractivity contribution >= 4 is 39.3 Å². The third-order valence-corrected chi connectivity index (χ3v) is 5.92. The number of aromatic nitrogens is 1. The zero-order valence-electron chi connectivity index (χ0n) is 13.6. The molecule has 1 aromatic heterocycles. The summed E-state index contributed by atoms with van der Waals surface area (Å²) in [6, 6.07) is 7.70. The second-order valence-electron chi connectivity index (χ2n) is 6.50. The number of ether oxygens (including phenoxy) is 1. The van der Waals surface area contributed by atoms with Gasteiger partial charge in [-0.05, 0) is 25.0 Å². The molecule has 130 valence electrons. The van der Waals surface area contributed by atoms with Gasteiger partial charge in [-0.25, -0.2) is 4.98 Å². The highest BCUT2D eigenvalue weighted by atomic mass is 32.1. The standard InChI is InChI=1S/C18H18N2O4S/c21-16(24-10-15-19-13-7-3-4-8-14(13)25-15)9-20-17(22)11-5-1-2-6-12(11)18(20)23/h3-4,7-8,11-12H,1-2,5-6,9-10H2/t11-,12-/m0/s1. The van der Waals surface area contributed by atoms with Crippen LogP contribution in [0.2, 0.25) is 0 Å². The van der Waals surface area contributed by atoms with Crippen molar-refractivity contribution in [3.05, 3.63) is 29.3 Å². The number of hydrogen-bond acceptors (Lipinski definition) is 6. The van der Waals surface area contributed by atoms with Crippen LogP contribution < -0.4 is 0 Å². The van der Waals surface area contributed by atoms with E-state index in [-0.39, 0.29) is 36.8 Å². The van der Waals surface area contributed by atoms with Crippen LogP contribution >= 0.6 is 11.3 Å². The summed E-state index contributed by atoms with van der Waals surface area (Å²) in [5.74, 6) is -1.48. The van der Waals surface area contributed by atoms with E-state index in [9.17, 15) is 14.4 Å². The van der Waals surface area contributed by atoms with Gasteiger partial charge in [-0.2, -0.15) is 0 Å². The molecule has 2 amide bonds. The van der Waals surface area contributed by atoms with Crippen molar-refractivity contribution < 1.29 is 19.1 Å². The molecule has 1 aliphatic carbocycles. The summed E-state index contributed by atoms with van der Waals surface area (Å²) < 4.78 is 6.26. The maximum atomic E-state index is 12.4. The van der Waals surface area contributed by atoms with E-state index in [1.54, 1.807) is 0 Å². The molecule has 1 saturated carbocycles. The van der Waals surface area contributed by atoms with Crippen molar-refractivity contribution in [3.63, 3.8) is 0 Å². The maximum Gasteiger partial charge on any atom is 0.326 e. The highest BCUT2D eigenvalue weighted by molar-refractivity contribution is 7.18. The fourth-order valence-corrected chi connectivity index (χ4v) is 4.57. The molecule has 1 saturated heterocycles. The Morgan fingerprint density at radius 2 is 1.84 bits per heavy atom. The number of amides is 2. The van der Waals surface area contributed by atoms with Crippen LogP contribution in [-0.2, 0) is 25.7 Å². The van der Waals surface area contributed by atoms with E-state index in [4.69, 9.17) is 4.74 Å². The number of rotatable bonds is 4. The fraction of sp³-hybridized carbons (Fsp3) is 0.444. The van der Waals surface area contributed by atoms with Gasteiger partial charge in [0.05, 0.1) is 22.1 Å². The van der Waals surface area contributed by atoms with Crippen LogP contribution in [0.25, 0.3) is 10.2 Å². The second-order valence-corrected chi connectivity index (χ2v) is 7.61. The van der Waals surface area contributed by atoms with Crippen LogP contribution in [0.3, 0.4) is 0 Å². The summed E-state index contributed by atoms with van der Waals surface area (Å²) in [4.78, 5) is 42.3. The molecule has 0 radical (unpaired) electrons. The minimum Gasteiger partial charge on any atom is -0.457 e. The lowest BCUT2D eigenvalue weighted by Crippen LogP contribution is -2.36. The predicted molar refractivity (Wildman–Crippen MR) is 91.6 cm³/mol. The Morgan fingerprint density at radius 3 is 2.52 bits per heavy atom. The molecule has 0 spiro atoms. The number of imide groups is 1. The second kappa shape index (κ2) is 6.55. The molecule has 6 nitrogen and oxygen atoms in total. The maximum absolute atomic E-state index is 12.4. The Labute approximate surface area is 148 Å². The Morgan fingerprint density at radius 1 is 1.16 bits per heavy atom. The van der Waals surface area contributed by atoms with Gasteiger partial charge in [0, 0.05) is 0 Å². The molecule has 0 bridgehead atoms. The summed E-state index contributed by atoms with van der Waals surface area (Å²) in [6.45, 7) is -0.239. The number of carbonyl (C=O) groups excluding carboxylic acids is 3. The van der Waals surface area contributed by atoms with Crippen molar-refractivity contribution in [2.75, 3.05) is 6.54 Å². The fourth-order valence-electron chi connectivity index (χ4n) is 3.69. The monoisotopic (exact) mass is 358 g/mol.